The maximum absolute atomic E-state index is 12.1. The van der Waals surface area contributed by atoms with Gasteiger partial charge in [0.1, 0.15) is 6.04 Å². The summed E-state index contributed by atoms with van der Waals surface area (Å²) in [6, 6.07) is 12.0. The molecule has 25 heavy (non-hydrogen) atoms. The smallest absolute Gasteiger partial charge is 0.326 e. The Morgan fingerprint density at radius 3 is 2.48 bits per heavy atom. The minimum absolute atomic E-state index is 0.112. The second-order valence-electron chi connectivity index (χ2n) is 5.40. The minimum Gasteiger partial charge on any atom is -0.480 e. The number of carboxylic acids is 1. The van der Waals surface area contributed by atoms with Gasteiger partial charge >= 0.3 is 5.97 Å². The molecule has 0 unspecified atom stereocenters. The van der Waals surface area contributed by atoms with Gasteiger partial charge in [0, 0.05) is 22.1 Å². The van der Waals surface area contributed by atoms with Gasteiger partial charge in [0.25, 0.3) is 5.69 Å². The van der Waals surface area contributed by atoms with Crippen LogP contribution < -0.4 is 5.32 Å². The van der Waals surface area contributed by atoms with Crippen molar-refractivity contribution in [2.24, 2.45) is 0 Å². The lowest BCUT2D eigenvalue weighted by Gasteiger charge is -2.15. The summed E-state index contributed by atoms with van der Waals surface area (Å²) >= 11 is 2.13. The Morgan fingerprint density at radius 1 is 1.16 bits per heavy atom. The number of hydrogen-bond acceptors (Lipinski definition) is 4. The summed E-state index contributed by atoms with van der Waals surface area (Å²) in [4.78, 5) is 33.8. The van der Waals surface area contributed by atoms with E-state index in [9.17, 15) is 24.8 Å². The third kappa shape index (κ3) is 5.82. The van der Waals surface area contributed by atoms with Crippen molar-refractivity contribution in [1.82, 2.24) is 5.32 Å². The molecule has 130 valence electrons. The average Bonchev–Trinajstić information content (AvgIpc) is 2.54. The molecule has 1 amide bonds. The van der Waals surface area contributed by atoms with Gasteiger partial charge < -0.3 is 10.4 Å². The molecule has 2 N–H and O–H groups in total. The van der Waals surface area contributed by atoms with Crippen LogP contribution in [-0.2, 0) is 22.4 Å². The summed E-state index contributed by atoms with van der Waals surface area (Å²) in [5.41, 5.74) is 1.14. The molecule has 0 aliphatic carbocycles. The zero-order valence-corrected chi connectivity index (χ0v) is 15.2. The second-order valence-corrected chi connectivity index (χ2v) is 6.64. The van der Waals surface area contributed by atoms with E-state index in [4.69, 9.17) is 0 Å². The van der Waals surface area contributed by atoms with Gasteiger partial charge in [-0.1, -0.05) is 24.3 Å². The molecule has 2 aromatic carbocycles. The molecular weight excluding hydrogens is 439 g/mol. The molecule has 0 fully saturated rings. The fourth-order valence-electron chi connectivity index (χ4n) is 2.31. The first-order valence-corrected chi connectivity index (χ1v) is 8.43. The lowest BCUT2D eigenvalue weighted by molar-refractivity contribution is -0.384. The van der Waals surface area contributed by atoms with Gasteiger partial charge in [-0.2, -0.15) is 0 Å². The number of nitro groups is 1. The third-order valence-electron chi connectivity index (χ3n) is 3.45. The number of aliphatic carboxylic acids is 1. The van der Waals surface area contributed by atoms with Crippen molar-refractivity contribution < 1.29 is 19.6 Å². The van der Waals surface area contributed by atoms with E-state index in [1.807, 2.05) is 18.2 Å². The van der Waals surface area contributed by atoms with Gasteiger partial charge in [-0.25, -0.2) is 4.79 Å². The van der Waals surface area contributed by atoms with Crippen LogP contribution in [0, 0.1) is 13.7 Å². The van der Waals surface area contributed by atoms with Crippen LogP contribution in [0.25, 0.3) is 0 Å². The van der Waals surface area contributed by atoms with E-state index >= 15 is 0 Å². The third-order valence-corrected chi connectivity index (χ3v) is 4.12. The van der Waals surface area contributed by atoms with Crippen molar-refractivity contribution in [3.63, 3.8) is 0 Å². The number of carbonyl (C=O) groups excluding carboxylic acids is 1. The molecule has 0 saturated carbocycles. The number of hydrogen-bond donors (Lipinski definition) is 2. The molecule has 0 aliphatic rings. The molecule has 0 spiro atoms. The first-order valence-electron chi connectivity index (χ1n) is 7.35. The van der Waals surface area contributed by atoms with Crippen LogP contribution >= 0.6 is 22.6 Å². The van der Waals surface area contributed by atoms with Crippen molar-refractivity contribution in [3.8, 4) is 0 Å². The number of benzene rings is 2. The Hall–Kier alpha value is -2.49. The van der Waals surface area contributed by atoms with E-state index in [2.05, 4.69) is 27.9 Å². The highest BCUT2D eigenvalue weighted by molar-refractivity contribution is 14.1. The van der Waals surface area contributed by atoms with Crippen molar-refractivity contribution in [3.05, 3.63) is 73.3 Å². The standard InChI is InChI=1S/C17H15IN2O5/c18-13-5-1-3-11(7-13)9-15(17(22)23)19-16(21)10-12-4-2-6-14(8-12)20(24)25/h1-8,15H,9-10H2,(H,19,21)(H,22,23)/t15-/m1/s1. The number of amides is 1. The monoisotopic (exact) mass is 454 g/mol. The van der Waals surface area contributed by atoms with Crippen molar-refractivity contribution in [2.45, 2.75) is 18.9 Å². The fraction of sp³-hybridized carbons (Fsp3) is 0.176. The first-order chi connectivity index (χ1) is 11.8. The molecule has 0 heterocycles. The number of rotatable bonds is 7. The van der Waals surface area contributed by atoms with Crippen molar-refractivity contribution in [2.75, 3.05) is 0 Å². The number of nitrogens with one attached hydrogen (secondary N) is 1. The van der Waals surface area contributed by atoms with Crippen LogP contribution in [0.15, 0.2) is 48.5 Å². The van der Waals surface area contributed by atoms with Crippen LogP contribution in [0.2, 0.25) is 0 Å². The molecule has 0 aliphatic heterocycles. The Morgan fingerprint density at radius 2 is 1.84 bits per heavy atom. The van der Waals surface area contributed by atoms with Crippen LogP contribution in [0.4, 0.5) is 5.69 Å². The normalized spacial score (nSPS) is 11.6. The van der Waals surface area contributed by atoms with Crippen LogP contribution in [0.5, 0.6) is 0 Å². The van der Waals surface area contributed by atoms with E-state index in [1.165, 1.54) is 18.2 Å². The number of carbonyl (C=O) groups is 2. The van der Waals surface area contributed by atoms with Gasteiger partial charge in [-0.15, -0.1) is 0 Å². The molecule has 2 rings (SSSR count). The van der Waals surface area contributed by atoms with E-state index < -0.39 is 22.8 Å². The first kappa shape index (κ1) is 18.8. The summed E-state index contributed by atoms with van der Waals surface area (Å²) in [6.45, 7) is 0. The highest BCUT2D eigenvalue weighted by atomic mass is 127. The molecule has 0 aromatic heterocycles. The van der Waals surface area contributed by atoms with E-state index in [0.717, 1.165) is 9.13 Å². The van der Waals surface area contributed by atoms with E-state index in [-0.39, 0.29) is 18.5 Å². The summed E-state index contributed by atoms with van der Waals surface area (Å²) < 4.78 is 0.974. The summed E-state index contributed by atoms with van der Waals surface area (Å²) in [5.74, 6) is -1.63. The fourth-order valence-corrected chi connectivity index (χ4v) is 2.92. The number of nitro benzene ring substituents is 1. The molecule has 7 nitrogen and oxygen atoms in total. The summed E-state index contributed by atoms with van der Waals surface area (Å²) in [5, 5.41) is 22.6. The quantitative estimate of drug-likeness (QED) is 0.380. The Labute approximate surface area is 157 Å². The Bertz CT molecular complexity index is 809. The molecule has 8 heteroatoms. The van der Waals surface area contributed by atoms with Crippen LogP contribution in [0.1, 0.15) is 11.1 Å². The zero-order chi connectivity index (χ0) is 18.4. The number of non-ortho nitro benzene ring substituents is 1. The Balaban J connectivity index is 2.04. The van der Waals surface area contributed by atoms with Crippen molar-refractivity contribution >= 4 is 40.2 Å². The lowest BCUT2D eigenvalue weighted by atomic mass is 10.1. The maximum atomic E-state index is 12.1. The second kappa shape index (κ2) is 8.56. The highest BCUT2D eigenvalue weighted by Crippen LogP contribution is 2.14. The lowest BCUT2D eigenvalue weighted by Crippen LogP contribution is -2.43. The number of carboxylic acid groups (broad SMARTS) is 1. The topological polar surface area (TPSA) is 110 Å². The highest BCUT2D eigenvalue weighted by Gasteiger charge is 2.21. The van der Waals surface area contributed by atoms with Gasteiger partial charge in [-0.3, -0.25) is 14.9 Å². The average molecular weight is 454 g/mol. The van der Waals surface area contributed by atoms with Gasteiger partial charge in [0.05, 0.1) is 11.3 Å². The zero-order valence-electron chi connectivity index (χ0n) is 13.0. The Kier molecular flexibility index (Phi) is 6.45. The predicted octanol–water partition coefficient (Wildman–Crippen LogP) is 2.55. The van der Waals surface area contributed by atoms with E-state index in [1.54, 1.807) is 12.1 Å². The molecule has 1 atom stereocenters. The molecule has 0 bridgehead atoms. The van der Waals surface area contributed by atoms with Crippen molar-refractivity contribution in [1.29, 1.82) is 0 Å². The number of nitrogens with zero attached hydrogens (tertiary/aromatic N) is 1. The SMILES string of the molecule is O=C(Cc1cccc([N+](=O)[O-])c1)N[C@H](Cc1cccc(I)c1)C(=O)O. The van der Waals surface area contributed by atoms with Crippen LogP contribution in [0.3, 0.4) is 0 Å². The molecule has 0 radical (unpaired) electrons. The van der Waals surface area contributed by atoms with Gasteiger partial charge in [0.2, 0.25) is 5.91 Å². The van der Waals surface area contributed by atoms with Crippen LogP contribution in [-0.4, -0.2) is 27.9 Å². The molecular formula is C17H15IN2O5. The maximum Gasteiger partial charge on any atom is 0.326 e. The van der Waals surface area contributed by atoms with Gasteiger partial charge in [-0.05, 0) is 45.9 Å². The summed E-state index contributed by atoms with van der Waals surface area (Å²) in [6.07, 6.45) is 0.0324. The van der Waals surface area contributed by atoms with Gasteiger partial charge in [0.15, 0.2) is 0 Å². The molecule has 0 saturated heterocycles. The number of halogens is 1. The minimum atomic E-state index is -1.13. The largest absolute Gasteiger partial charge is 0.480 e. The van der Waals surface area contributed by atoms with E-state index in [0.29, 0.717) is 5.56 Å². The summed E-state index contributed by atoms with van der Waals surface area (Å²) in [7, 11) is 0. The molecule has 2 aromatic rings. The predicted molar refractivity (Wildman–Crippen MR) is 99.2 cm³/mol.